The Labute approximate surface area is 80.4 Å². The van der Waals surface area contributed by atoms with Crippen LogP contribution in [0.25, 0.3) is 0 Å². The fourth-order valence-electron chi connectivity index (χ4n) is 2.57. The van der Waals surface area contributed by atoms with Gasteiger partial charge < -0.3 is 0 Å². The summed E-state index contributed by atoms with van der Waals surface area (Å²) in [4.78, 5) is 2.46. The van der Waals surface area contributed by atoms with Crippen molar-refractivity contribution in [2.45, 2.75) is 31.3 Å². The van der Waals surface area contributed by atoms with Gasteiger partial charge in [-0.15, -0.1) is 6.58 Å². The van der Waals surface area contributed by atoms with E-state index in [0.29, 0.717) is 6.04 Å². The molecule has 1 nitrogen and oxygen atoms in total. The Kier molecular flexibility index (Phi) is 2.12. The maximum absolute atomic E-state index is 3.91. The quantitative estimate of drug-likeness (QED) is 0.596. The van der Waals surface area contributed by atoms with Gasteiger partial charge in [0.25, 0.3) is 0 Å². The fraction of sp³-hybridized carbons (Fsp3) is 0.500. The molecule has 0 spiro atoms. The van der Waals surface area contributed by atoms with E-state index in [2.05, 4.69) is 25.1 Å². The molecule has 0 aromatic carbocycles. The van der Waals surface area contributed by atoms with Crippen LogP contribution in [-0.4, -0.2) is 24.0 Å². The van der Waals surface area contributed by atoms with Crippen LogP contribution in [0.4, 0.5) is 0 Å². The Morgan fingerprint density at radius 2 is 2.31 bits per heavy atom. The molecule has 1 fully saturated rings. The molecule has 0 N–H and O–H groups in total. The molecule has 1 heteroatoms. The summed E-state index contributed by atoms with van der Waals surface area (Å²) in [7, 11) is 2.22. The second-order valence-electron chi connectivity index (χ2n) is 4.03. The summed E-state index contributed by atoms with van der Waals surface area (Å²) < 4.78 is 0. The minimum absolute atomic E-state index is 0.659. The third-order valence-electron chi connectivity index (χ3n) is 3.42. The zero-order chi connectivity index (χ0) is 9.42. The van der Waals surface area contributed by atoms with E-state index >= 15 is 0 Å². The standard InChI is InChI=1S/C12H17N/c1-4-6-9-7-10-8-12(13(10)3)11(9)5-2/h4-5,10,12H,1-2,6-8H2,3H3. The average Bonchev–Trinajstić information content (AvgIpc) is 2.17. The van der Waals surface area contributed by atoms with E-state index < -0.39 is 0 Å². The molecule has 0 amide bonds. The first-order chi connectivity index (χ1) is 6.27. The van der Waals surface area contributed by atoms with Gasteiger partial charge in [0.15, 0.2) is 0 Å². The van der Waals surface area contributed by atoms with E-state index in [1.54, 1.807) is 5.57 Å². The topological polar surface area (TPSA) is 3.24 Å². The lowest BCUT2D eigenvalue weighted by Gasteiger charge is -2.52. The van der Waals surface area contributed by atoms with Crippen molar-refractivity contribution in [3.05, 3.63) is 36.5 Å². The van der Waals surface area contributed by atoms with Crippen LogP contribution in [-0.2, 0) is 0 Å². The van der Waals surface area contributed by atoms with Crippen molar-refractivity contribution in [3.8, 4) is 0 Å². The van der Waals surface area contributed by atoms with E-state index in [1.165, 1.54) is 18.4 Å². The molecule has 3 aliphatic rings. The molecule has 2 bridgehead atoms. The van der Waals surface area contributed by atoms with Crippen molar-refractivity contribution in [3.63, 3.8) is 0 Å². The van der Waals surface area contributed by atoms with Crippen molar-refractivity contribution in [2.75, 3.05) is 7.05 Å². The highest BCUT2D eigenvalue weighted by Crippen LogP contribution is 2.41. The molecular formula is C12H17N. The average molecular weight is 175 g/mol. The lowest BCUT2D eigenvalue weighted by atomic mass is 9.75. The largest absolute Gasteiger partial charge is 0.296 e. The van der Waals surface area contributed by atoms with E-state index in [0.717, 1.165) is 12.5 Å². The third kappa shape index (κ3) is 1.19. The Hall–Kier alpha value is -0.820. The summed E-state index contributed by atoms with van der Waals surface area (Å²) in [5.74, 6) is 0. The number of likely N-dealkylation sites (N-methyl/N-ethyl adjacent to an activating group) is 1. The third-order valence-corrected chi connectivity index (χ3v) is 3.42. The number of fused-ring (bicyclic) bond motifs is 1. The van der Waals surface area contributed by atoms with Crippen LogP contribution in [0.1, 0.15) is 19.3 Å². The first kappa shape index (κ1) is 8.76. The zero-order valence-electron chi connectivity index (χ0n) is 8.29. The Balaban J connectivity index is 2.26. The van der Waals surface area contributed by atoms with E-state index in [-0.39, 0.29) is 0 Å². The molecule has 3 rings (SSSR count). The molecule has 2 unspecified atom stereocenters. The van der Waals surface area contributed by atoms with Crippen molar-refractivity contribution < 1.29 is 0 Å². The van der Waals surface area contributed by atoms with Crippen molar-refractivity contribution in [2.24, 2.45) is 0 Å². The summed E-state index contributed by atoms with van der Waals surface area (Å²) in [5.41, 5.74) is 3.02. The monoisotopic (exact) mass is 175 g/mol. The number of hydrogen-bond acceptors (Lipinski definition) is 1. The van der Waals surface area contributed by atoms with Crippen LogP contribution in [0.2, 0.25) is 0 Å². The molecule has 0 saturated carbocycles. The highest BCUT2D eigenvalue weighted by molar-refractivity contribution is 5.38. The SMILES string of the molecule is C=CCC1=C(C=C)C2CC(C1)N2C. The zero-order valence-corrected chi connectivity index (χ0v) is 8.29. The molecular weight excluding hydrogens is 158 g/mol. The summed E-state index contributed by atoms with van der Waals surface area (Å²) >= 11 is 0. The fourth-order valence-corrected chi connectivity index (χ4v) is 2.57. The van der Waals surface area contributed by atoms with Crippen LogP contribution < -0.4 is 0 Å². The van der Waals surface area contributed by atoms with Gasteiger partial charge in [0, 0.05) is 12.1 Å². The first-order valence-electron chi connectivity index (χ1n) is 4.95. The van der Waals surface area contributed by atoms with E-state index in [1.807, 2.05) is 12.2 Å². The summed E-state index contributed by atoms with van der Waals surface area (Å²) in [5, 5.41) is 0. The highest BCUT2D eigenvalue weighted by Gasteiger charge is 2.41. The Bertz CT molecular complexity index is 275. The predicted octanol–water partition coefficient (Wildman–Crippen LogP) is 2.52. The molecule has 0 aromatic rings. The molecule has 2 heterocycles. The molecule has 0 aromatic heterocycles. The molecule has 1 saturated heterocycles. The Morgan fingerprint density at radius 1 is 1.54 bits per heavy atom. The smallest absolute Gasteiger partial charge is 0.0362 e. The summed E-state index contributed by atoms with van der Waals surface area (Å²) in [6.07, 6.45) is 7.64. The summed E-state index contributed by atoms with van der Waals surface area (Å²) in [6.45, 7) is 7.71. The molecule has 2 atom stereocenters. The minimum Gasteiger partial charge on any atom is -0.296 e. The van der Waals surface area contributed by atoms with Crippen LogP contribution in [0.15, 0.2) is 36.5 Å². The second-order valence-corrected chi connectivity index (χ2v) is 4.03. The van der Waals surface area contributed by atoms with Gasteiger partial charge in [0.1, 0.15) is 0 Å². The minimum atomic E-state index is 0.659. The van der Waals surface area contributed by atoms with Crippen LogP contribution in [0.5, 0.6) is 0 Å². The predicted molar refractivity (Wildman–Crippen MR) is 56.6 cm³/mol. The lowest BCUT2D eigenvalue weighted by molar-refractivity contribution is 0.0551. The molecule has 2 aliphatic heterocycles. The maximum Gasteiger partial charge on any atom is 0.0362 e. The molecule has 0 radical (unpaired) electrons. The van der Waals surface area contributed by atoms with Crippen molar-refractivity contribution in [1.82, 2.24) is 4.90 Å². The number of allylic oxidation sites excluding steroid dienone is 1. The Morgan fingerprint density at radius 3 is 2.85 bits per heavy atom. The molecule has 13 heavy (non-hydrogen) atoms. The number of rotatable bonds is 3. The van der Waals surface area contributed by atoms with E-state index in [9.17, 15) is 0 Å². The van der Waals surface area contributed by atoms with Gasteiger partial charge in [0.05, 0.1) is 0 Å². The number of nitrogens with zero attached hydrogens (tertiary/aromatic N) is 1. The van der Waals surface area contributed by atoms with Gasteiger partial charge >= 0.3 is 0 Å². The van der Waals surface area contributed by atoms with Gasteiger partial charge in [-0.05, 0) is 31.9 Å². The van der Waals surface area contributed by atoms with Gasteiger partial charge in [0.2, 0.25) is 0 Å². The first-order valence-corrected chi connectivity index (χ1v) is 4.95. The second kappa shape index (κ2) is 3.15. The van der Waals surface area contributed by atoms with Crippen molar-refractivity contribution in [1.29, 1.82) is 0 Å². The number of hydrogen-bond donors (Lipinski definition) is 0. The normalized spacial score (nSPS) is 32.7. The summed E-state index contributed by atoms with van der Waals surface area (Å²) in [6, 6.07) is 1.45. The lowest BCUT2D eigenvalue weighted by Crippen LogP contribution is -2.57. The van der Waals surface area contributed by atoms with Gasteiger partial charge in [-0.3, -0.25) is 4.90 Å². The van der Waals surface area contributed by atoms with Gasteiger partial charge in [-0.2, -0.15) is 0 Å². The molecule has 70 valence electrons. The maximum atomic E-state index is 3.91. The van der Waals surface area contributed by atoms with E-state index in [4.69, 9.17) is 0 Å². The van der Waals surface area contributed by atoms with Gasteiger partial charge in [-0.25, -0.2) is 0 Å². The van der Waals surface area contributed by atoms with Crippen molar-refractivity contribution >= 4 is 0 Å². The van der Waals surface area contributed by atoms with Crippen LogP contribution in [0, 0.1) is 0 Å². The molecule has 1 aliphatic carbocycles. The highest BCUT2D eigenvalue weighted by atomic mass is 15.2. The van der Waals surface area contributed by atoms with Gasteiger partial charge in [-0.1, -0.05) is 24.3 Å². The van der Waals surface area contributed by atoms with Crippen LogP contribution in [0.3, 0.4) is 0 Å². The van der Waals surface area contributed by atoms with Crippen LogP contribution >= 0.6 is 0 Å².